The Morgan fingerprint density at radius 3 is 2.81 bits per heavy atom. The maximum absolute atomic E-state index is 6.23. The molecule has 1 aromatic carbocycles. The van der Waals surface area contributed by atoms with Gasteiger partial charge in [0.1, 0.15) is 0 Å². The quantitative estimate of drug-likeness (QED) is 0.885. The molecule has 0 aliphatic heterocycles. The summed E-state index contributed by atoms with van der Waals surface area (Å²) in [5.74, 6) is 0. The van der Waals surface area contributed by atoms with E-state index in [1.807, 2.05) is 32.3 Å². The monoisotopic (exact) mass is 236 g/mol. The molecule has 0 radical (unpaired) electrons. The number of rotatable bonds is 3. The van der Waals surface area contributed by atoms with E-state index in [4.69, 9.17) is 11.6 Å². The van der Waals surface area contributed by atoms with Crippen LogP contribution in [0.15, 0.2) is 24.4 Å². The number of nitrogens with one attached hydrogen (secondary N) is 1. The van der Waals surface area contributed by atoms with Crippen molar-refractivity contribution in [2.45, 2.75) is 6.54 Å². The van der Waals surface area contributed by atoms with Crippen molar-refractivity contribution < 1.29 is 0 Å². The molecule has 84 valence electrons. The first-order valence-corrected chi connectivity index (χ1v) is 5.38. The van der Waals surface area contributed by atoms with Crippen LogP contribution < -0.4 is 5.32 Å². The second-order valence-corrected chi connectivity index (χ2v) is 3.99. The molecule has 4 nitrogen and oxygen atoms in total. The van der Waals surface area contributed by atoms with E-state index >= 15 is 0 Å². The van der Waals surface area contributed by atoms with Crippen LogP contribution in [0.4, 0.5) is 0 Å². The molecule has 0 aliphatic carbocycles. The molecule has 0 aliphatic rings. The summed E-state index contributed by atoms with van der Waals surface area (Å²) in [6.45, 7) is 0.809. The summed E-state index contributed by atoms with van der Waals surface area (Å²) in [5.41, 5.74) is 3.03. The molecule has 0 saturated heterocycles. The van der Waals surface area contributed by atoms with Gasteiger partial charge < -0.3 is 5.32 Å². The van der Waals surface area contributed by atoms with E-state index in [2.05, 4.69) is 15.6 Å². The summed E-state index contributed by atoms with van der Waals surface area (Å²) in [7, 11) is 3.76. The molecule has 1 N–H and O–H groups in total. The van der Waals surface area contributed by atoms with E-state index < -0.39 is 0 Å². The molecule has 16 heavy (non-hydrogen) atoms. The Balaban J connectivity index is 2.40. The predicted octanol–water partition coefficient (Wildman–Crippen LogP) is 1.85. The molecule has 0 spiro atoms. The fraction of sp³-hybridized carbons (Fsp3) is 0.273. The lowest BCUT2D eigenvalue weighted by Gasteiger charge is -2.06. The first kappa shape index (κ1) is 11.1. The van der Waals surface area contributed by atoms with Crippen LogP contribution >= 0.6 is 11.6 Å². The molecule has 0 amide bonds. The van der Waals surface area contributed by atoms with Gasteiger partial charge in [-0.1, -0.05) is 28.9 Å². The van der Waals surface area contributed by atoms with Crippen molar-refractivity contribution in [3.63, 3.8) is 0 Å². The maximum Gasteiger partial charge on any atom is 0.0897 e. The summed E-state index contributed by atoms with van der Waals surface area (Å²) < 4.78 is 1.71. The summed E-state index contributed by atoms with van der Waals surface area (Å²) in [5, 5.41) is 11.5. The predicted molar refractivity (Wildman–Crippen MR) is 64.2 cm³/mol. The van der Waals surface area contributed by atoms with Gasteiger partial charge in [-0.25, -0.2) is 4.68 Å². The van der Waals surface area contributed by atoms with Crippen LogP contribution in [0.5, 0.6) is 0 Å². The van der Waals surface area contributed by atoms with E-state index in [0.29, 0.717) is 0 Å². The lowest BCUT2D eigenvalue weighted by molar-refractivity contribution is 0.720. The average Bonchev–Trinajstić information content (AvgIpc) is 2.65. The number of hydrogen-bond donors (Lipinski definition) is 1. The van der Waals surface area contributed by atoms with Crippen molar-refractivity contribution >= 4 is 11.6 Å². The molecule has 2 aromatic rings. The summed E-state index contributed by atoms with van der Waals surface area (Å²) in [6.07, 6.45) is 1.71. The molecule has 5 heteroatoms. The minimum atomic E-state index is 0.721. The molecule has 1 aromatic heterocycles. The summed E-state index contributed by atoms with van der Waals surface area (Å²) >= 11 is 6.23. The second-order valence-electron chi connectivity index (χ2n) is 3.59. The van der Waals surface area contributed by atoms with E-state index in [1.54, 1.807) is 10.9 Å². The van der Waals surface area contributed by atoms with Crippen molar-refractivity contribution in [1.82, 2.24) is 20.3 Å². The molecule has 0 fully saturated rings. The average molecular weight is 237 g/mol. The highest BCUT2D eigenvalue weighted by Gasteiger charge is 2.08. The van der Waals surface area contributed by atoms with Crippen LogP contribution in [0.3, 0.4) is 0 Å². The zero-order valence-electron chi connectivity index (χ0n) is 9.24. The molecule has 0 saturated carbocycles. The highest BCUT2D eigenvalue weighted by atomic mass is 35.5. The van der Waals surface area contributed by atoms with Crippen molar-refractivity contribution in [2.75, 3.05) is 7.05 Å². The molecule has 1 heterocycles. The normalized spacial score (nSPS) is 10.7. The number of aromatic nitrogens is 3. The lowest BCUT2D eigenvalue weighted by atomic mass is 10.1. The number of nitrogens with zero attached hydrogens (tertiary/aromatic N) is 3. The first-order valence-electron chi connectivity index (χ1n) is 5.00. The van der Waals surface area contributed by atoms with Gasteiger partial charge >= 0.3 is 0 Å². The van der Waals surface area contributed by atoms with Crippen LogP contribution in [0, 0.1) is 0 Å². The van der Waals surface area contributed by atoms with E-state index in [-0.39, 0.29) is 0 Å². The third-order valence-corrected chi connectivity index (χ3v) is 2.72. The van der Waals surface area contributed by atoms with Gasteiger partial charge in [-0.15, -0.1) is 5.10 Å². The SMILES string of the molecule is CNCc1ccc(-c2cnnn2C)c(Cl)c1. The van der Waals surface area contributed by atoms with Crippen molar-refractivity contribution in [2.24, 2.45) is 7.05 Å². The van der Waals surface area contributed by atoms with E-state index in [1.165, 1.54) is 0 Å². The zero-order chi connectivity index (χ0) is 11.5. The van der Waals surface area contributed by atoms with Crippen molar-refractivity contribution in [3.05, 3.63) is 35.0 Å². The highest BCUT2D eigenvalue weighted by Crippen LogP contribution is 2.27. The smallest absolute Gasteiger partial charge is 0.0897 e. The molecular formula is C11H13ClN4. The van der Waals surface area contributed by atoms with Gasteiger partial charge in [0.15, 0.2) is 0 Å². The Labute approximate surface area is 99.2 Å². The first-order chi connectivity index (χ1) is 7.72. The highest BCUT2D eigenvalue weighted by molar-refractivity contribution is 6.33. The summed E-state index contributed by atoms with van der Waals surface area (Å²) in [4.78, 5) is 0. The Morgan fingerprint density at radius 1 is 1.44 bits per heavy atom. The van der Waals surface area contributed by atoms with Gasteiger partial charge in [-0.2, -0.15) is 0 Å². The Morgan fingerprint density at radius 2 is 2.25 bits per heavy atom. The van der Waals surface area contributed by atoms with Gasteiger partial charge in [0, 0.05) is 19.2 Å². The fourth-order valence-corrected chi connectivity index (χ4v) is 1.91. The third kappa shape index (κ3) is 2.08. The standard InChI is InChI=1S/C11H13ClN4/c1-13-6-8-3-4-9(10(12)5-8)11-7-14-15-16(11)2/h3-5,7,13H,6H2,1-2H3. The Bertz CT molecular complexity index is 492. The maximum atomic E-state index is 6.23. The van der Waals surface area contributed by atoms with Gasteiger partial charge in [0.25, 0.3) is 0 Å². The molecule has 0 atom stereocenters. The van der Waals surface area contributed by atoms with Gasteiger partial charge in [-0.3, -0.25) is 0 Å². The van der Waals surface area contributed by atoms with Gasteiger partial charge in [0.2, 0.25) is 0 Å². The van der Waals surface area contributed by atoms with Gasteiger partial charge in [-0.05, 0) is 18.7 Å². The Kier molecular flexibility index (Phi) is 3.22. The molecular weight excluding hydrogens is 224 g/mol. The Hall–Kier alpha value is -1.39. The third-order valence-electron chi connectivity index (χ3n) is 2.40. The van der Waals surface area contributed by atoms with Crippen LogP contribution in [-0.2, 0) is 13.6 Å². The number of benzene rings is 1. The van der Waals surface area contributed by atoms with Crippen LogP contribution in [-0.4, -0.2) is 22.0 Å². The number of halogens is 1. The van der Waals surface area contributed by atoms with E-state index in [9.17, 15) is 0 Å². The van der Waals surface area contributed by atoms with Crippen molar-refractivity contribution in [1.29, 1.82) is 0 Å². The number of aryl methyl sites for hydroxylation is 1. The zero-order valence-corrected chi connectivity index (χ0v) is 9.99. The van der Waals surface area contributed by atoms with E-state index in [0.717, 1.165) is 28.4 Å². The molecule has 0 bridgehead atoms. The van der Waals surface area contributed by atoms with Crippen LogP contribution in [0.1, 0.15) is 5.56 Å². The second kappa shape index (κ2) is 4.63. The fourth-order valence-electron chi connectivity index (χ4n) is 1.61. The van der Waals surface area contributed by atoms with Crippen LogP contribution in [0.25, 0.3) is 11.3 Å². The minimum Gasteiger partial charge on any atom is -0.316 e. The van der Waals surface area contributed by atoms with Crippen LogP contribution in [0.2, 0.25) is 5.02 Å². The molecule has 0 unspecified atom stereocenters. The number of hydrogen-bond acceptors (Lipinski definition) is 3. The lowest BCUT2D eigenvalue weighted by Crippen LogP contribution is -2.05. The minimum absolute atomic E-state index is 0.721. The molecule has 2 rings (SSSR count). The largest absolute Gasteiger partial charge is 0.316 e. The van der Waals surface area contributed by atoms with Crippen molar-refractivity contribution in [3.8, 4) is 11.3 Å². The summed E-state index contributed by atoms with van der Waals surface area (Å²) in [6, 6.07) is 6.00. The topological polar surface area (TPSA) is 42.7 Å². The van der Waals surface area contributed by atoms with Gasteiger partial charge in [0.05, 0.1) is 16.9 Å².